The number of carbonyl (C=O) groups is 2. The first-order valence-electron chi connectivity index (χ1n) is 8.85. The van der Waals surface area contributed by atoms with Crippen LogP contribution in [0.5, 0.6) is 0 Å². The van der Waals surface area contributed by atoms with Gasteiger partial charge in [0.1, 0.15) is 5.82 Å². The molecule has 138 valence electrons. The van der Waals surface area contributed by atoms with Crippen molar-refractivity contribution in [2.75, 3.05) is 32.7 Å². The molecule has 1 aromatic carbocycles. The zero-order valence-electron chi connectivity index (χ0n) is 15.5. The van der Waals surface area contributed by atoms with E-state index in [9.17, 15) is 14.0 Å². The van der Waals surface area contributed by atoms with Crippen LogP contribution in [0.15, 0.2) is 18.2 Å². The maximum atomic E-state index is 13.6. The van der Waals surface area contributed by atoms with Crippen molar-refractivity contribution in [3.8, 4) is 0 Å². The zero-order chi connectivity index (χ0) is 18.6. The van der Waals surface area contributed by atoms with Gasteiger partial charge in [0.2, 0.25) is 5.91 Å². The molecule has 1 aliphatic heterocycles. The molecule has 0 saturated carbocycles. The van der Waals surface area contributed by atoms with E-state index in [-0.39, 0.29) is 23.7 Å². The lowest BCUT2D eigenvalue weighted by Crippen LogP contribution is -2.52. The molecule has 25 heavy (non-hydrogen) atoms. The highest BCUT2D eigenvalue weighted by molar-refractivity contribution is 5.94. The first kappa shape index (κ1) is 19.4. The Morgan fingerprint density at radius 1 is 1.16 bits per heavy atom. The Bertz CT molecular complexity index is 625. The topological polar surface area (TPSA) is 52.7 Å². The van der Waals surface area contributed by atoms with Crippen LogP contribution >= 0.6 is 0 Å². The molecule has 6 heteroatoms. The molecule has 1 fully saturated rings. The number of aryl methyl sites for hydroxylation is 1. The molecule has 0 bridgehead atoms. The minimum Gasteiger partial charge on any atom is -0.352 e. The Labute approximate surface area is 149 Å². The van der Waals surface area contributed by atoms with Crippen molar-refractivity contribution in [2.45, 2.75) is 33.7 Å². The highest BCUT2D eigenvalue weighted by Gasteiger charge is 2.24. The normalized spacial score (nSPS) is 16.8. The van der Waals surface area contributed by atoms with Crippen LogP contribution in [-0.2, 0) is 4.79 Å². The number of carbonyl (C=O) groups excluding carboxylic acids is 2. The second-order valence-electron chi connectivity index (χ2n) is 7.13. The Hall–Kier alpha value is -1.95. The number of hydrogen-bond acceptors (Lipinski definition) is 3. The zero-order valence-corrected chi connectivity index (χ0v) is 15.5. The molecule has 0 spiro atoms. The predicted octanol–water partition coefficient (Wildman–Crippen LogP) is 2.05. The number of hydrogen-bond donors (Lipinski definition) is 1. The number of amides is 2. The van der Waals surface area contributed by atoms with E-state index in [1.165, 1.54) is 6.07 Å². The molecular formula is C19H28FN3O2. The molecule has 2 amide bonds. The van der Waals surface area contributed by atoms with Crippen LogP contribution in [0.3, 0.4) is 0 Å². The van der Waals surface area contributed by atoms with Crippen LogP contribution < -0.4 is 5.32 Å². The third-order valence-electron chi connectivity index (χ3n) is 4.83. The molecule has 1 N–H and O–H groups in total. The highest BCUT2D eigenvalue weighted by atomic mass is 19.1. The molecule has 1 unspecified atom stereocenters. The predicted molar refractivity (Wildman–Crippen MR) is 95.9 cm³/mol. The molecule has 1 heterocycles. The van der Waals surface area contributed by atoms with E-state index in [1.807, 2.05) is 11.8 Å². The summed E-state index contributed by atoms with van der Waals surface area (Å²) in [5.74, 6) is -0.105. The molecule has 1 saturated heterocycles. The van der Waals surface area contributed by atoms with Gasteiger partial charge in [0, 0.05) is 37.8 Å². The molecule has 1 aliphatic rings. The average Bonchev–Trinajstić information content (AvgIpc) is 2.57. The van der Waals surface area contributed by atoms with Crippen LogP contribution in [-0.4, -0.2) is 60.4 Å². The van der Waals surface area contributed by atoms with E-state index in [0.29, 0.717) is 49.8 Å². The number of benzene rings is 1. The van der Waals surface area contributed by atoms with Crippen molar-refractivity contribution < 1.29 is 14.0 Å². The van der Waals surface area contributed by atoms with Crippen LogP contribution in [0.2, 0.25) is 0 Å². The summed E-state index contributed by atoms with van der Waals surface area (Å²) in [4.78, 5) is 28.3. The quantitative estimate of drug-likeness (QED) is 0.885. The molecule has 2 rings (SSSR count). The maximum Gasteiger partial charge on any atom is 0.254 e. The summed E-state index contributed by atoms with van der Waals surface area (Å²) in [6.07, 6.45) is 0. The lowest BCUT2D eigenvalue weighted by atomic mass is 10.1. The van der Waals surface area contributed by atoms with Crippen LogP contribution in [0, 0.1) is 18.7 Å². The van der Waals surface area contributed by atoms with Gasteiger partial charge in [-0.1, -0.05) is 19.9 Å². The van der Waals surface area contributed by atoms with Crippen molar-refractivity contribution >= 4 is 11.8 Å². The number of halogens is 1. The van der Waals surface area contributed by atoms with E-state index < -0.39 is 0 Å². The van der Waals surface area contributed by atoms with E-state index in [0.717, 1.165) is 0 Å². The summed E-state index contributed by atoms with van der Waals surface area (Å²) >= 11 is 0. The monoisotopic (exact) mass is 349 g/mol. The van der Waals surface area contributed by atoms with Crippen molar-refractivity contribution in [3.63, 3.8) is 0 Å². The van der Waals surface area contributed by atoms with Gasteiger partial charge in [-0.3, -0.25) is 14.5 Å². The van der Waals surface area contributed by atoms with Gasteiger partial charge in [-0.05, 0) is 37.5 Å². The third kappa shape index (κ3) is 5.26. The van der Waals surface area contributed by atoms with E-state index >= 15 is 0 Å². The lowest BCUT2D eigenvalue weighted by Gasteiger charge is -2.34. The minimum atomic E-state index is -0.361. The molecule has 0 radical (unpaired) electrons. The Morgan fingerprint density at radius 2 is 1.80 bits per heavy atom. The van der Waals surface area contributed by atoms with Gasteiger partial charge in [-0.25, -0.2) is 4.39 Å². The number of piperazine rings is 1. The SMILES string of the molecule is Cc1ccc(C(=O)N2CCN(CC(=O)NC(C)C(C)C)CC2)cc1F. The summed E-state index contributed by atoms with van der Waals surface area (Å²) < 4.78 is 13.6. The number of nitrogens with one attached hydrogen (secondary N) is 1. The van der Waals surface area contributed by atoms with Gasteiger partial charge in [0.25, 0.3) is 5.91 Å². The molecule has 1 aromatic rings. The standard InChI is InChI=1S/C19H28FN3O2/c1-13(2)15(4)21-18(24)12-22-7-9-23(10-8-22)19(25)16-6-5-14(3)17(20)11-16/h5-6,11,13,15H,7-10,12H2,1-4H3,(H,21,24). The Morgan fingerprint density at radius 3 is 2.36 bits per heavy atom. The molecule has 1 atom stereocenters. The summed E-state index contributed by atoms with van der Waals surface area (Å²) in [7, 11) is 0. The van der Waals surface area contributed by atoms with Gasteiger partial charge in [-0.15, -0.1) is 0 Å². The summed E-state index contributed by atoms with van der Waals surface area (Å²) in [6, 6.07) is 4.73. The second kappa shape index (κ2) is 8.43. The largest absolute Gasteiger partial charge is 0.352 e. The van der Waals surface area contributed by atoms with Crippen molar-refractivity contribution in [1.82, 2.24) is 15.1 Å². The third-order valence-corrected chi connectivity index (χ3v) is 4.83. The highest BCUT2D eigenvalue weighted by Crippen LogP contribution is 2.13. The number of nitrogens with zero attached hydrogens (tertiary/aromatic N) is 2. The smallest absolute Gasteiger partial charge is 0.254 e. The van der Waals surface area contributed by atoms with Gasteiger partial charge >= 0.3 is 0 Å². The number of rotatable bonds is 5. The van der Waals surface area contributed by atoms with Crippen molar-refractivity contribution in [2.24, 2.45) is 5.92 Å². The van der Waals surface area contributed by atoms with Gasteiger partial charge in [0.15, 0.2) is 0 Å². The Kier molecular flexibility index (Phi) is 6.53. The molecular weight excluding hydrogens is 321 g/mol. The van der Waals surface area contributed by atoms with Crippen LogP contribution in [0.1, 0.15) is 36.7 Å². The first-order valence-corrected chi connectivity index (χ1v) is 8.85. The fourth-order valence-corrected chi connectivity index (χ4v) is 2.69. The van der Waals surface area contributed by atoms with Crippen molar-refractivity contribution in [3.05, 3.63) is 35.1 Å². The van der Waals surface area contributed by atoms with Gasteiger partial charge < -0.3 is 10.2 Å². The first-order chi connectivity index (χ1) is 11.8. The Balaban J connectivity index is 1.83. The van der Waals surface area contributed by atoms with Crippen molar-refractivity contribution in [1.29, 1.82) is 0 Å². The van der Waals surface area contributed by atoms with E-state index in [1.54, 1.807) is 24.0 Å². The van der Waals surface area contributed by atoms with E-state index in [2.05, 4.69) is 19.2 Å². The van der Waals surface area contributed by atoms with Crippen LogP contribution in [0.25, 0.3) is 0 Å². The van der Waals surface area contributed by atoms with E-state index in [4.69, 9.17) is 0 Å². The van der Waals surface area contributed by atoms with Gasteiger partial charge in [-0.2, -0.15) is 0 Å². The maximum absolute atomic E-state index is 13.6. The minimum absolute atomic E-state index is 0.0154. The molecule has 5 nitrogen and oxygen atoms in total. The second-order valence-corrected chi connectivity index (χ2v) is 7.13. The fraction of sp³-hybridized carbons (Fsp3) is 0.579. The summed E-state index contributed by atoms with van der Waals surface area (Å²) in [5, 5.41) is 3.00. The lowest BCUT2D eigenvalue weighted by molar-refractivity contribution is -0.123. The van der Waals surface area contributed by atoms with Crippen LogP contribution in [0.4, 0.5) is 4.39 Å². The summed E-state index contributed by atoms with van der Waals surface area (Å²) in [5.41, 5.74) is 0.906. The summed E-state index contributed by atoms with van der Waals surface area (Å²) in [6.45, 7) is 10.5. The fourth-order valence-electron chi connectivity index (χ4n) is 2.69. The van der Waals surface area contributed by atoms with Gasteiger partial charge in [0.05, 0.1) is 6.54 Å². The molecule has 0 aliphatic carbocycles. The average molecular weight is 349 g/mol. The molecule has 0 aromatic heterocycles.